The Hall–Kier alpha value is -3.56. The lowest BCUT2D eigenvalue weighted by atomic mass is 10.1. The van der Waals surface area contributed by atoms with Crippen LogP contribution >= 0.6 is 11.6 Å². The Balaban J connectivity index is 1.76. The molecule has 2 aromatic carbocycles. The number of aryl methyl sites for hydroxylation is 1. The maximum absolute atomic E-state index is 12.7. The first-order valence-corrected chi connectivity index (χ1v) is 9.20. The van der Waals surface area contributed by atoms with Crippen LogP contribution in [0.1, 0.15) is 32.0 Å². The van der Waals surface area contributed by atoms with Gasteiger partial charge in [0.05, 0.1) is 17.1 Å². The van der Waals surface area contributed by atoms with Crippen molar-refractivity contribution in [2.45, 2.75) is 6.92 Å². The average Bonchev–Trinajstić information content (AvgIpc) is 3.12. The zero-order valence-corrected chi connectivity index (χ0v) is 16.6. The summed E-state index contributed by atoms with van der Waals surface area (Å²) in [5.74, 6) is 5.58. The summed E-state index contributed by atoms with van der Waals surface area (Å²) in [6.07, 6.45) is 0. The maximum atomic E-state index is 12.7. The summed E-state index contributed by atoms with van der Waals surface area (Å²) in [5.41, 5.74) is 2.36. The Morgan fingerprint density at radius 3 is 2.59 bits per heavy atom. The molecule has 0 saturated carbocycles. The number of hydrogen-bond acceptors (Lipinski definition) is 4. The normalized spacial score (nSPS) is 10.0. The van der Waals surface area contributed by atoms with Crippen LogP contribution in [0.4, 0.5) is 0 Å². The van der Waals surface area contributed by atoms with Gasteiger partial charge in [0, 0.05) is 18.2 Å². The molecule has 3 aromatic rings. The van der Waals surface area contributed by atoms with E-state index < -0.39 is 0 Å². The van der Waals surface area contributed by atoms with Crippen molar-refractivity contribution >= 4 is 23.4 Å². The smallest absolute Gasteiger partial charge is 0.257 e. The fourth-order valence-electron chi connectivity index (χ4n) is 2.75. The van der Waals surface area contributed by atoms with Crippen LogP contribution in [0.3, 0.4) is 0 Å². The molecule has 0 spiro atoms. The molecule has 2 N–H and O–H groups in total. The summed E-state index contributed by atoms with van der Waals surface area (Å²) >= 11 is 6.22. The molecule has 0 radical (unpaired) electrons. The van der Waals surface area contributed by atoms with Crippen LogP contribution in [-0.4, -0.2) is 30.6 Å². The van der Waals surface area contributed by atoms with Crippen molar-refractivity contribution in [1.82, 2.24) is 15.8 Å². The largest absolute Gasteiger partial charge is 0.360 e. The minimum Gasteiger partial charge on any atom is -0.360 e. The predicted molar refractivity (Wildman–Crippen MR) is 111 cm³/mol. The van der Waals surface area contributed by atoms with Crippen molar-refractivity contribution in [3.05, 3.63) is 76.0 Å². The van der Waals surface area contributed by atoms with Gasteiger partial charge in [-0.15, -0.1) is 0 Å². The third-order valence-electron chi connectivity index (χ3n) is 4.18. The first-order chi connectivity index (χ1) is 14.0. The van der Waals surface area contributed by atoms with Crippen molar-refractivity contribution in [3.63, 3.8) is 0 Å². The van der Waals surface area contributed by atoms with Crippen molar-refractivity contribution in [2.75, 3.05) is 13.6 Å². The highest BCUT2D eigenvalue weighted by atomic mass is 35.5. The number of aromatic nitrogens is 1. The van der Waals surface area contributed by atoms with Crippen molar-refractivity contribution < 1.29 is 14.1 Å². The molecular weight excluding hydrogens is 390 g/mol. The number of nitrogens with one attached hydrogen (secondary N) is 2. The molecular formula is C22H18ClN3O3. The molecule has 0 bridgehead atoms. The van der Waals surface area contributed by atoms with Gasteiger partial charge in [-0.1, -0.05) is 58.9 Å². The van der Waals surface area contributed by atoms with E-state index in [0.717, 1.165) is 0 Å². The van der Waals surface area contributed by atoms with E-state index in [1.165, 1.54) is 0 Å². The lowest BCUT2D eigenvalue weighted by Gasteiger charge is -2.04. The summed E-state index contributed by atoms with van der Waals surface area (Å²) in [5, 5.41) is 9.77. The zero-order valence-electron chi connectivity index (χ0n) is 15.9. The van der Waals surface area contributed by atoms with Gasteiger partial charge in [0.1, 0.15) is 17.0 Å². The number of rotatable bonds is 4. The van der Waals surface area contributed by atoms with Crippen LogP contribution < -0.4 is 10.6 Å². The Kier molecular flexibility index (Phi) is 6.32. The molecule has 0 saturated heterocycles. The number of halogens is 1. The minimum atomic E-state index is -0.368. The molecule has 2 amide bonds. The van der Waals surface area contributed by atoms with E-state index >= 15 is 0 Å². The van der Waals surface area contributed by atoms with E-state index in [0.29, 0.717) is 38.7 Å². The van der Waals surface area contributed by atoms with Crippen molar-refractivity contribution in [1.29, 1.82) is 0 Å². The topological polar surface area (TPSA) is 84.2 Å². The van der Waals surface area contributed by atoms with Gasteiger partial charge in [0.25, 0.3) is 11.8 Å². The Labute approximate surface area is 173 Å². The molecule has 7 heteroatoms. The minimum absolute atomic E-state index is 0.0908. The van der Waals surface area contributed by atoms with Crippen LogP contribution in [0.2, 0.25) is 5.02 Å². The van der Waals surface area contributed by atoms with Gasteiger partial charge in [-0.05, 0) is 25.1 Å². The van der Waals surface area contributed by atoms with E-state index in [2.05, 4.69) is 27.6 Å². The second-order valence-corrected chi connectivity index (χ2v) is 6.46. The second-order valence-electron chi connectivity index (χ2n) is 6.05. The molecule has 3 rings (SSSR count). The van der Waals surface area contributed by atoms with Gasteiger partial charge in [0.15, 0.2) is 0 Å². The monoisotopic (exact) mass is 407 g/mol. The third kappa shape index (κ3) is 4.48. The molecule has 0 aliphatic carbocycles. The average molecular weight is 408 g/mol. The molecule has 0 aliphatic heterocycles. The molecule has 0 fully saturated rings. The molecule has 0 atom stereocenters. The van der Waals surface area contributed by atoms with Gasteiger partial charge < -0.3 is 15.2 Å². The lowest BCUT2D eigenvalue weighted by molar-refractivity contribution is 0.0951. The standard InChI is InChI=1S/C22H18ClN3O3/c1-14-19(20(26-29-14)17-11-5-6-12-18(17)23)22(28)25-13-7-9-15-8-3-4-10-16(15)21(27)24-2/h3-6,8,10-12H,13H2,1-2H3,(H,24,27)(H,25,28). The number of carbonyl (C=O) groups excluding carboxylic acids is 2. The maximum Gasteiger partial charge on any atom is 0.257 e. The first kappa shape index (κ1) is 20.2. The number of hydrogen-bond donors (Lipinski definition) is 2. The number of amides is 2. The molecule has 1 heterocycles. The van der Waals surface area contributed by atoms with E-state index in [4.69, 9.17) is 16.1 Å². The molecule has 29 heavy (non-hydrogen) atoms. The highest BCUT2D eigenvalue weighted by molar-refractivity contribution is 6.33. The van der Waals surface area contributed by atoms with E-state index in [1.807, 2.05) is 6.07 Å². The third-order valence-corrected chi connectivity index (χ3v) is 4.51. The van der Waals surface area contributed by atoms with E-state index in [1.54, 1.807) is 56.4 Å². The van der Waals surface area contributed by atoms with Crippen LogP contribution in [0.25, 0.3) is 11.3 Å². The van der Waals surface area contributed by atoms with Crippen LogP contribution in [-0.2, 0) is 0 Å². The molecule has 0 aliphatic rings. The fourth-order valence-corrected chi connectivity index (χ4v) is 2.98. The first-order valence-electron chi connectivity index (χ1n) is 8.82. The Bertz CT molecular complexity index is 1130. The molecule has 0 unspecified atom stereocenters. The van der Waals surface area contributed by atoms with Gasteiger partial charge in [-0.3, -0.25) is 9.59 Å². The quantitative estimate of drug-likeness (QED) is 0.649. The summed E-state index contributed by atoms with van der Waals surface area (Å²) < 4.78 is 5.21. The lowest BCUT2D eigenvalue weighted by Crippen LogP contribution is -2.24. The van der Waals surface area contributed by atoms with Crippen molar-refractivity contribution in [2.24, 2.45) is 0 Å². The van der Waals surface area contributed by atoms with Crippen LogP contribution in [0, 0.1) is 18.8 Å². The van der Waals surface area contributed by atoms with Crippen LogP contribution in [0.15, 0.2) is 53.1 Å². The summed E-state index contributed by atoms with van der Waals surface area (Å²) in [7, 11) is 1.56. The van der Waals surface area contributed by atoms with Gasteiger partial charge >= 0.3 is 0 Å². The SMILES string of the molecule is CNC(=O)c1ccccc1C#CCNC(=O)c1c(-c2ccccc2Cl)noc1C. The number of benzene rings is 2. The molecule has 1 aromatic heterocycles. The Morgan fingerprint density at radius 2 is 1.83 bits per heavy atom. The highest BCUT2D eigenvalue weighted by Gasteiger charge is 2.22. The van der Waals surface area contributed by atoms with Gasteiger partial charge in [-0.2, -0.15) is 0 Å². The number of carbonyl (C=O) groups is 2. The van der Waals surface area contributed by atoms with Crippen LogP contribution in [0.5, 0.6) is 0 Å². The van der Waals surface area contributed by atoms with E-state index in [9.17, 15) is 9.59 Å². The van der Waals surface area contributed by atoms with E-state index in [-0.39, 0.29) is 18.4 Å². The second kappa shape index (κ2) is 9.09. The summed E-state index contributed by atoms with van der Waals surface area (Å²) in [6, 6.07) is 14.1. The molecule has 146 valence electrons. The summed E-state index contributed by atoms with van der Waals surface area (Å²) in [4.78, 5) is 24.6. The highest BCUT2D eigenvalue weighted by Crippen LogP contribution is 2.30. The van der Waals surface area contributed by atoms with Crippen molar-refractivity contribution in [3.8, 4) is 23.1 Å². The van der Waals surface area contributed by atoms with Gasteiger partial charge in [-0.25, -0.2) is 0 Å². The van der Waals surface area contributed by atoms with Gasteiger partial charge in [0.2, 0.25) is 0 Å². The fraction of sp³-hybridized carbons (Fsp3) is 0.136. The number of nitrogens with zero attached hydrogens (tertiary/aromatic N) is 1. The Morgan fingerprint density at radius 1 is 1.10 bits per heavy atom. The zero-order chi connectivity index (χ0) is 20.8. The summed E-state index contributed by atoms with van der Waals surface area (Å²) in [6.45, 7) is 1.75. The predicted octanol–water partition coefficient (Wildman–Crippen LogP) is 3.44. The molecule has 6 nitrogen and oxygen atoms in total.